The molecule has 3 rings (SSSR count). The lowest BCUT2D eigenvalue weighted by Gasteiger charge is -2.48. The summed E-state index contributed by atoms with van der Waals surface area (Å²) < 4.78 is 34.5. The van der Waals surface area contributed by atoms with Crippen molar-refractivity contribution in [1.82, 2.24) is 5.32 Å². The standard InChI is InChI=1S/C85H161NO18/c1-3-5-7-9-11-13-15-17-19-21-23-25-26-27-28-29-30-31-32-33-34-35-36-37-38-39-40-41-42-43-45-47-49-51-53-55-57-59-61-63-73(91)86-68(69(90)62-60-58-56-54-52-50-48-46-44-24-22-20-18-16-14-12-10-8-6-4-2)67-99-83-79(97)76(94)81(71(65-88)101-83)104-85-80(98)77(95)82(72(66-89)102-85)103-84-78(96)75(93)74(92)70(64-87)100-84/h52,54,60,62,68-72,74-85,87-90,92-98H,3-51,53,55-59,61,63-67H2,1-2H3,(H,86,91)/b54-52+,62-60+. The molecule has 614 valence electrons. The highest BCUT2D eigenvalue weighted by atomic mass is 16.8. The fourth-order valence-electron chi connectivity index (χ4n) is 15.0. The van der Waals surface area contributed by atoms with Gasteiger partial charge in [-0.2, -0.15) is 0 Å². The largest absolute Gasteiger partial charge is 0.394 e. The molecule has 19 nitrogen and oxygen atoms in total. The first-order valence-corrected chi connectivity index (χ1v) is 43.6. The fourth-order valence-corrected chi connectivity index (χ4v) is 15.0. The van der Waals surface area contributed by atoms with Crippen molar-refractivity contribution >= 4 is 5.91 Å². The van der Waals surface area contributed by atoms with Crippen molar-refractivity contribution in [2.24, 2.45) is 0 Å². The first-order valence-electron chi connectivity index (χ1n) is 43.6. The summed E-state index contributed by atoms with van der Waals surface area (Å²) >= 11 is 0. The van der Waals surface area contributed by atoms with Gasteiger partial charge in [-0.25, -0.2) is 0 Å². The van der Waals surface area contributed by atoms with Gasteiger partial charge in [0.1, 0.15) is 73.2 Å². The first-order chi connectivity index (χ1) is 50.8. The molecule has 3 saturated heterocycles. The Hall–Kier alpha value is -1.73. The van der Waals surface area contributed by atoms with E-state index in [9.17, 15) is 61.0 Å². The molecule has 104 heavy (non-hydrogen) atoms. The highest BCUT2D eigenvalue weighted by molar-refractivity contribution is 5.76. The zero-order chi connectivity index (χ0) is 75.3. The minimum Gasteiger partial charge on any atom is -0.394 e. The van der Waals surface area contributed by atoms with Gasteiger partial charge in [0.05, 0.1) is 38.6 Å². The molecule has 0 bridgehead atoms. The lowest BCUT2D eigenvalue weighted by Crippen LogP contribution is -2.66. The predicted octanol–water partition coefficient (Wildman–Crippen LogP) is 15.7. The predicted molar refractivity (Wildman–Crippen MR) is 416 cm³/mol. The fraction of sp³-hybridized carbons (Fsp3) is 0.941. The summed E-state index contributed by atoms with van der Waals surface area (Å²) in [5.74, 6) is -0.277. The average molecular weight is 1490 g/mol. The topological polar surface area (TPSA) is 307 Å². The number of allylic oxidation sites excluding steroid dienone is 3. The number of amides is 1. The zero-order valence-corrected chi connectivity index (χ0v) is 66.0. The van der Waals surface area contributed by atoms with E-state index in [0.717, 1.165) is 38.5 Å². The van der Waals surface area contributed by atoms with Gasteiger partial charge in [0, 0.05) is 6.42 Å². The van der Waals surface area contributed by atoms with Gasteiger partial charge in [-0.3, -0.25) is 4.79 Å². The summed E-state index contributed by atoms with van der Waals surface area (Å²) in [6.07, 6.45) is 55.0. The minimum absolute atomic E-state index is 0.241. The van der Waals surface area contributed by atoms with E-state index in [-0.39, 0.29) is 18.9 Å². The molecule has 0 aliphatic carbocycles. The van der Waals surface area contributed by atoms with Crippen LogP contribution < -0.4 is 5.32 Å². The van der Waals surface area contributed by atoms with E-state index in [1.807, 2.05) is 6.08 Å². The lowest BCUT2D eigenvalue weighted by atomic mass is 9.96. The number of carbonyl (C=O) groups is 1. The van der Waals surface area contributed by atoms with Crippen molar-refractivity contribution in [2.45, 2.75) is 484 Å². The summed E-state index contributed by atoms with van der Waals surface area (Å²) in [6, 6.07) is -0.988. The number of rotatable bonds is 71. The molecular formula is C85H161NO18. The molecule has 3 fully saturated rings. The Morgan fingerprint density at radius 2 is 0.615 bits per heavy atom. The second-order valence-corrected chi connectivity index (χ2v) is 31.4. The van der Waals surface area contributed by atoms with Crippen molar-refractivity contribution in [1.29, 1.82) is 0 Å². The van der Waals surface area contributed by atoms with E-state index in [0.29, 0.717) is 12.8 Å². The Morgan fingerprint density at radius 3 is 0.962 bits per heavy atom. The Balaban J connectivity index is 1.30. The van der Waals surface area contributed by atoms with E-state index in [1.165, 1.54) is 308 Å². The molecule has 0 spiro atoms. The van der Waals surface area contributed by atoms with Gasteiger partial charge in [-0.05, 0) is 32.1 Å². The molecule has 0 aromatic rings. The van der Waals surface area contributed by atoms with Crippen LogP contribution in [0.1, 0.15) is 380 Å². The van der Waals surface area contributed by atoms with Crippen LogP contribution >= 0.6 is 0 Å². The molecule has 3 aliphatic rings. The van der Waals surface area contributed by atoms with Crippen LogP contribution in [0.15, 0.2) is 24.3 Å². The molecule has 12 N–H and O–H groups in total. The number of hydrogen-bond acceptors (Lipinski definition) is 18. The molecule has 0 radical (unpaired) electrons. The van der Waals surface area contributed by atoms with E-state index >= 15 is 0 Å². The van der Waals surface area contributed by atoms with Crippen LogP contribution in [-0.2, 0) is 33.2 Å². The van der Waals surface area contributed by atoms with Crippen LogP contribution in [0.2, 0.25) is 0 Å². The van der Waals surface area contributed by atoms with E-state index < -0.39 is 124 Å². The number of nitrogens with one attached hydrogen (secondary N) is 1. The molecular weight excluding hydrogens is 1320 g/mol. The minimum atomic E-state index is -1.98. The van der Waals surface area contributed by atoms with Crippen molar-refractivity contribution in [3.8, 4) is 0 Å². The normalized spacial score (nSPS) is 26.0. The van der Waals surface area contributed by atoms with Crippen molar-refractivity contribution < 1.29 is 89.4 Å². The van der Waals surface area contributed by atoms with Crippen LogP contribution in [-0.4, -0.2) is 193 Å². The SMILES string of the molecule is CCCCCCCCCCCCCCCC/C=C/CC/C=C/C(O)C(COC1OC(CO)C(OC2OC(CO)C(OC3OC(CO)C(O)C(O)C3O)C(O)C2O)C(O)C1O)NC(=O)CCCCCCCCCCCCCCCCCCCCCCCCCCCCCCCCCCCCCCCCC. The smallest absolute Gasteiger partial charge is 0.220 e. The van der Waals surface area contributed by atoms with E-state index in [2.05, 4.69) is 31.3 Å². The molecule has 0 saturated carbocycles. The highest BCUT2D eigenvalue weighted by Gasteiger charge is 2.54. The second kappa shape index (κ2) is 65.9. The van der Waals surface area contributed by atoms with Gasteiger partial charge in [0.15, 0.2) is 18.9 Å². The van der Waals surface area contributed by atoms with Gasteiger partial charge in [-0.15, -0.1) is 0 Å². The third-order valence-electron chi connectivity index (χ3n) is 22.0. The van der Waals surface area contributed by atoms with Crippen LogP contribution in [0.4, 0.5) is 0 Å². The van der Waals surface area contributed by atoms with Gasteiger partial charge >= 0.3 is 0 Å². The Bertz CT molecular complexity index is 1970. The van der Waals surface area contributed by atoms with E-state index in [4.69, 9.17) is 28.4 Å². The quantitative estimate of drug-likeness (QED) is 0.0199. The number of aliphatic hydroxyl groups is 11. The van der Waals surface area contributed by atoms with Crippen LogP contribution in [0.3, 0.4) is 0 Å². The molecule has 19 heteroatoms. The molecule has 17 atom stereocenters. The summed E-state index contributed by atoms with van der Waals surface area (Å²) in [5, 5.41) is 121. The zero-order valence-electron chi connectivity index (χ0n) is 66.0. The van der Waals surface area contributed by atoms with Crippen LogP contribution in [0.5, 0.6) is 0 Å². The summed E-state index contributed by atoms with van der Waals surface area (Å²) in [7, 11) is 0. The Kier molecular flexibility index (Phi) is 61.2. The monoisotopic (exact) mass is 1480 g/mol. The van der Waals surface area contributed by atoms with Gasteiger partial charge in [-0.1, -0.05) is 366 Å². The first kappa shape index (κ1) is 96.5. The number of ether oxygens (including phenoxy) is 6. The third kappa shape index (κ3) is 44.9. The molecule has 1 amide bonds. The number of aliphatic hydroxyl groups excluding tert-OH is 11. The van der Waals surface area contributed by atoms with Gasteiger partial charge < -0.3 is 89.9 Å². The summed E-state index contributed by atoms with van der Waals surface area (Å²) in [5.41, 5.74) is 0. The Morgan fingerprint density at radius 1 is 0.337 bits per heavy atom. The maximum atomic E-state index is 13.5. The van der Waals surface area contributed by atoms with E-state index in [1.54, 1.807) is 6.08 Å². The molecule has 0 aromatic heterocycles. The van der Waals surface area contributed by atoms with Crippen molar-refractivity contribution in [3.05, 3.63) is 24.3 Å². The average Bonchev–Trinajstić information content (AvgIpc) is 0.777. The van der Waals surface area contributed by atoms with Crippen LogP contribution in [0.25, 0.3) is 0 Å². The van der Waals surface area contributed by atoms with Gasteiger partial charge in [0.2, 0.25) is 5.91 Å². The summed E-state index contributed by atoms with van der Waals surface area (Å²) in [4.78, 5) is 13.5. The van der Waals surface area contributed by atoms with Crippen LogP contribution in [0, 0.1) is 0 Å². The number of carbonyl (C=O) groups excluding carboxylic acids is 1. The maximum absolute atomic E-state index is 13.5. The van der Waals surface area contributed by atoms with Crippen molar-refractivity contribution in [2.75, 3.05) is 26.4 Å². The molecule has 3 aliphatic heterocycles. The van der Waals surface area contributed by atoms with Gasteiger partial charge in [0.25, 0.3) is 0 Å². The second-order valence-electron chi connectivity index (χ2n) is 31.4. The van der Waals surface area contributed by atoms with Crippen molar-refractivity contribution in [3.63, 3.8) is 0 Å². The summed E-state index contributed by atoms with van der Waals surface area (Å²) in [6.45, 7) is 1.78. The maximum Gasteiger partial charge on any atom is 0.220 e. The molecule has 17 unspecified atom stereocenters. The molecule has 0 aromatic carbocycles. The Labute approximate surface area is 632 Å². The third-order valence-corrected chi connectivity index (χ3v) is 22.0. The molecule has 3 heterocycles. The lowest BCUT2D eigenvalue weighted by molar-refractivity contribution is -0.379. The highest BCUT2D eigenvalue weighted by Crippen LogP contribution is 2.34. The number of unbranched alkanes of at least 4 members (excludes halogenated alkanes) is 53. The number of hydrogen-bond donors (Lipinski definition) is 12.